The summed E-state index contributed by atoms with van der Waals surface area (Å²) in [5.74, 6) is 2.40. The number of ether oxygens (including phenoxy) is 2. The molecule has 0 fully saturated rings. The fraction of sp³-hybridized carbons (Fsp3) is 0.433. The highest BCUT2D eigenvalue weighted by Crippen LogP contribution is 2.23. The van der Waals surface area contributed by atoms with Gasteiger partial charge in [0.15, 0.2) is 0 Å². The van der Waals surface area contributed by atoms with Crippen LogP contribution < -0.4 is 16.2 Å². The Morgan fingerprint density at radius 3 is 2.24 bits per heavy atom. The van der Waals surface area contributed by atoms with E-state index in [-0.39, 0.29) is 0 Å². The zero-order valence-electron chi connectivity index (χ0n) is 23.7. The summed E-state index contributed by atoms with van der Waals surface area (Å²) in [6, 6.07) is 12.2. The maximum absolute atomic E-state index is 5.80. The van der Waals surface area contributed by atoms with Crippen LogP contribution in [-0.2, 0) is 4.74 Å². The summed E-state index contributed by atoms with van der Waals surface area (Å²) in [7, 11) is 3.17. The van der Waals surface area contributed by atoms with Gasteiger partial charge in [0.1, 0.15) is 12.4 Å². The van der Waals surface area contributed by atoms with Crippen molar-refractivity contribution in [2.24, 2.45) is 22.4 Å². The molecule has 2 rings (SSSR count). The van der Waals surface area contributed by atoms with Crippen LogP contribution in [-0.4, -0.2) is 45.4 Å². The highest BCUT2D eigenvalue weighted by Gasteiger charge is 2.04. The SMILES string of the molecule is C/C(=C/C(C)C)CS.C/C=C(/N=C(/C=C(\C)c1ccc(OCCOC)cc1)CCN)c1cccs1.CN. The normalized spacial score (nSPS) is 12.5. The van der Waals surface area contributed by atoms with Crippen molar-refractivity contribution >= 4 is 40.9 Å². The Morgan fingerprint density at radius 2 is 1.78 bits per heavy atom. The second-order valence-electron chi connectivity index (χ2n) is 8.40. The number of benzene rings is 1. The molecule has 7 heteroatoms. The first-order valence-electron chi connectivity index (χ1n) is 12.6. The third kappa shape index (κ3) is 15.6. The molecule has 1 heterocycles. The molecule has 0 aliphatic carbocycles. The molecule has 37 heavy (non-hydrogen) atoms. The fourth-order valence-electron chi connectivity index (χ4n) is 3.16. The summed E-state index contributed by atoms with van der Waals surface area (Å²) in [5.41, 5.74) is 15.9. The van der Waals surface area contributed by atoms with Crippen molar-refractivity contribution in [1.29, 1.82) is 0 Å². The largest absolute Gasteiger partial charge is 0.491 e. The predicted molar refractivity (Wildman–Crippen MR) is 169 cm³/mol. The molecule has 0 saturated heterocycles. The number of allylic oxidation sites excluding steroid dienone is 4. The number of thiophene rings is 1. The Hall–Kier alpha value is -2.16. The van der Waals surface area contributed by atoms with Gasteiger partial charge in [-0.05, 0) is 81.1 Å². The zero-order valence-corrected chi connectivity index (χ0v) is 25.4. The fourth-order valence-corrected chi connectivity index (χ4v) is 4.01. The second kappa shape index (κ2) is 21.9. The second-order valence-corrected chi connectivity index (χ2v) is 9.67. The van der Waals surface area contributed by atoms with Gasteiger partial charge in [-0.1, -0.05) is 49.8 Å². The molecule has 2 aromatic rings. The maximum atomic E-state index is 5.80. The van der Waals surface area contributed by atoms with Crippen LogP contribution in [0.3, 0.4) is 0 Å². The van der Waals surface area contributed by atoms with E-state index in [9.17, 15) is 0 Å². The molecular weight excluding hydrogens is 498 g/mol. The van der Waals surface area contributed by atoms with Crippen LogP contribution in [0.15, 0.2) is 70.6 Å². The number of rotatable bonds is 12. The standard InChI is InChI=1S/C22H28N2O2S.C7H14S.CH5N/c1-4-21(22-6-5-15-27-22)24-19(11-12-23)16-17(2)18-7-9-20(10-8-18)26-14-13-25-3;1-6(2)4-7(3)5-8;1-2/h4-10,15-16H,11-14,23H2,1-3H3;4,6,8H,5H2,1-3H3;2H2,1H3/b17-16+,21-4+,24-19+;7-4-;. The minimum atomic E-state index is 0.548. The molecule has 1 aromatic carbocycles. The van der Waals surface area contributed by atoms with E-state index < -0.39 is 0 Å². The molecule has 0 aliphatic rings. The van der Waals surface area contributed by atoms with Crippen LogP contribution in [0.2, 0.25) is 0 Å². The lowest BCUT2D eigenvalue weighted by Crippen LogP contribution is -2.06. The lowest BCUT2D eigenvalue weighted by molar-refractivity contribution is 0.146. The number of methoxy groups -OCH3 is 1. The van der Waals surface area contributed by atoms with E-state index in [1.165, 1.54) is 12.6 Å². The highest BCUT2D eigenvalue weighted by molar-refractivity contribution is 7.80. The first-order chi connectivity index (χ1) is 17.8. The maximum Gasteiger partial charge on any atom is 0.119 e. The topological polar surface area (TPSA) is 82.9 Å². The van der Waals surface area contributed by atoms with Crippen molar-refractivity contribution in [2.45, 2.75) is 41.0 Å². The molecule has 0 bridgehead atoms. The third-order valence-electron chi connectivity index (χ3n) is 4.83. The van der Waals surface area contributed by atoms with Crippen molar-refractivity contribution in [3.8, 4) is 5.75 Å². The van der Waals surface area contributed by atoms with Gasteiger partial charge in [-0.3, -0.25) is 4.99 Å². The molecule has 1 aromatic heterocycles. The Balaban J connectivity index is 0.00000111. The molecule has 5 nitrogen and oxygen atoms in total. The third-order valence-corrected chi connectivity index (χ3v) is 6.22. The van der Waals surface area contributed by atoms with E-state index in [0.29, 0.717) is 25.7 Å². The van der Waals surface area contributed by atoms with Gasteiger partial charge in [-0.15, -0.1) is 11.3 Å². The molecule has 0 aliphatic heterocycles. The molecule has 0 saturated carbocycles. The lowest BCUT2D eigenvalue weighted by Gasteiger charge is -2.08. The molecule has 0 spiro atoms. The average Bonchev–Trinajstić information content (AvgIpc) is 3.44. The van der Waals surface area contributed by atoms with Gasteiger partial charge in [0.25, 0.3) is 0 Å². The quantitative estimate of drug-likeness (QED) is 0.115. The Labute approximate surface area is 234 Å². The lowest BCUT2D eigenvalue weighted by atomic mass is 10.0. The Kier molecular flexibility index (Phi) is 20.6. The Morgan fingerprint density at radius 1 is 1.11 bits per heavy atom. The van der Waals surface area contributed by atoms with E-state index in [4.69, 9.17) is 20.2 Å². The van der Waals surface area contributed by atoms with Crippen LogP contribution in [0, 0.1) is 5.92 Å². The van der Waals surface area contributed by atoms with Gasteiger partial charge in [0, 0.05) is 25.0 Å². The minimum Gasteiger partial charge on any atom is -0.491 e. The van der Waals surface area contributed by atoms with Crippen molar-refractivity contribution in [2.75, 3.05) is 39.7 Å². The zero-order chi connectivity index (χ0) is 28.1. The van der Waals surface area contributed by atoms with Crippen LogP contribution in [0.1, 0.15) is 51.5 Å². The first kappa shape index (κ1) is 34.8. The van der Waals surface area contributed by atoms with E-state index >= 15 is 0 Å². The minimum absolute atomic E-state index is 0.548. The molecule has 0 atom stereocenters. The summed E-state index contributed by atoms with van der Waals surface area (Å²) in [4.78, 5) is 6.02. The van der Waals surface area contributed by atoms with Gasteiger partial charge in [0.2, 0.25) is 0 Å². The number of nitrogens with two attached hydrogens (primary N) is 2. The number of nitrogens with zero attached hydrogens (tertiary/aromatic N) is 1. The summed E-state index contributed by atoms with van der Waals surface area (Å²) < 4.78 is 10.6. The average molecular weight is 546 g/mol. The Bertz CT molecular complexity index is 961. The van der Waals surface area contributed by atoms with E-state index in [1.54, 1.807) is 18.4 Å². The van der Waals surface area contributed by atoms with Crippen LogP contribution in [0.5, 0.6) is 5.75 Å². The molecule has 0 amide bonds. The van der Waals surface area contributed by atoms with Crippen molar-refractivity contribution in [3.63, 3.8) is 0 Å². The summed E-state index contributed by atoms with van der Waals surface area (Å²) in [6.45, 7) is 12.2. The van der Waals surface area contributed by atoms with Gasteiger partial charge in [-0.2, -0.15) is 12.6 Å². The van der Waals surface area contributed by atoms with Gasteiger partial charge < -0.3 is 20.9 Å². The molecule has 0 unspecified atom stereocenters. The highest BCUT2D eigenvalue weighted by atomic mass is 32.1. The predicted octanol–water partition coefficient (Wildman–Crippen LogP) is 7.12. The number of hydrogen-bond acceptors (Lipinski definition) is 7. The monoisotopic (exact) mass is 545 g/mol. The number of hydrogen-bond donors (Lipinski definition) is 3. The van der Waals surface area contributed by atoms with Crippen LogP contribution in [0.25, 0.3) is 11.3 Å². The van der Waals surface area contributed by atoms with E-state index in [1.807, 2.05) is 31.2 Å². The van der Waals surface area contributed by atoms with Crippen LogP contribution >= 0.6 is 24.0 Å². The van der Waals surface area contributed by atoms with Crippen LogP contribution in [0.4, 0.5) is 0 Å². The molecule has 206 valence electrons. The van der Waals surface area contributed by atoms with Gasteiger partial charge >= 0.3 is 0 Å². The summed E-state index contributed by atoms with van der Waals surface area (Å²) >= 11 is 5.81. The van der Waals surface area contributed by atoms with E-state index in [2.05, 4.69) is 81.8 Å². The molecule has 4 N–H and O–H groups in total. The summed E-state index contributed by atoms with van der Waals surface area (Å²) in [5, 5.41) is 2.06. The van der Waals surface area contributed by atoms with Crippen molar-refractivity contribution in [3.05, 3.63) is 76.0 Å². The molecule has 0 radical (unpaired) electrons. The van der Waals surface area contributed by atoms with Gasteiger partial charge in [0.05, 0.1) is 17.2 Å². The van der Waals surface area contributed by atoms with Crippen molar-refractivity contribution < 1.29 is 9.47 Å². The van der Waals surface area contributed by atoms with Gasteiger partial charge in [-0.25, -0.2) is 0 Å². The first-order valence-corrected chi connectivity index (χ1v) is 14.1. The number of aliphatic imine (C=N–C) groups is 1. The molecular formula is C30H47N3O2S2. The smallest absolute Gasteiger partial charge is 0.119 e. The van der Waals surface area contributed by atoms with E-state index in [0.717, 1.165) is 45.3 Å². The van der Waals surface area contributed by atoms with Crippen molar-refractivity contribution in [1.82, 2.24) is 0 Å². The summed E-state index contributed by atoms with van der Waals surface area (Å²) in [6.07, 6.45) is 7.12. The number of thiol groups is 1.